The zero-order chi connectivity index (χ0) is 15.5. The summed E-state index contributed by atoms with van der Waals surface area (Å²) in [7, 11) is 0. The Bertz CT molecular complexity index is 507. The normalized spacial score (nSPS) is 27.4. The Balaban J connectivity index is 1.77. The fraction of sp³-hybridized carbons (Fsp3) is 0.647. The van der Waals surface area contributed by atoms with Crippen molar-refractivity contribution in [2.45, 2.75) is 44.3 Å². The number of rotatable bonds is 4. The Morgan fingerprint density at radius 2 is 2.09 bits per heavy atom. The van der Waals surface area contributed by atoms with E-state index in [1.165, 1.54) is 0 Å². The van der Waals surface area contributed by atoms with Crippen molar-refractivity contribution in [2.75, 3.05) is 26.3 Å². The second-order valence-electron chi connectivity index (χ2n) is 6.20. The molecule has 3 rings (SSSR count). The van der Waals surface area contributed by atoms with Gasteiger partial charge in [0.15, 0.2) is 0 Å². The van der Waals surface area contributed by atoms with Crippen LogP contribution in [0.1, 0.15) is 37.8 Å². The van der Waals surface area contributed by atoms with Crippen LogP contribution in [-0.4, -0.2) is 43.3 Å². The molecule has 2 aliphatic rings. The highest BCUT2D eigenvalue weighted by atomic mass is 35.5. The first-order valence-electron chi connectivity index (χ1n) is 8.22. The van der Waals surface area contributed by atoms with Gasteiger partial charge in [-0.25, -0.2) is 4.39 Å². The molecule has 2 fully saturated rings. The van der Waals surface area contributed by atoms with Crippen LogP contribution in [0.3, 0.4) is 0 Å². The number of likely N-dealkylation sites (tertiary alicyclic amines) is 1. The van der Waals surface area contributed by atoms with E-state index in [-0.39, 0.29) is 16.9 Å². The number of benzene rings is 1. The van der Waals surface area contributed by atoms with Gasteiger partial charge < -0.3 is 10.1 Å². The Hall–Kier alpha value is -0.680. The highest BCUT2D eigenvalue weighted by Gasteiger charge is 2.35. The third-order valence-corrected chi connectivity index (χ3v) is 5.17. The molecule has 1 aromatic carbocycles. The van der Waals surface area contributed by atoms with Crippen molar-refractivity contribution in [2.24, 2.45) is 0 Å². The van der Waals surface area contributed by atoms with E-state index in [0.717, 1.165) is 51.1 Å². The molecule has 122 valence electrons. The van der Waals surface area contributed by atoms with Crippen LogP contribution in [0.25, 0.3) is 0 Å². The van der Waals surface area contributed by atoms with Gasteiger partial charge >= 0.3 is 0 Å². The summed E-state index contributed by atoms with van der Waals surface area (Å²) in [6.45, 7) is 5.85. The van der Waals surface area contributed by atoms with E-state index in [1.807, 2.05) is 6.07 Å². The van der Waals surface area contributed by atoms with Crippen molar-refractivity contribution >= 4 is 11.6 Å². The first-order chi connectivity index (χ1) is 10.7. The van der Waals surface area contributed by atoms with Gasteiger partial charge in [0, 0.05) is 31.8 Å². The van der Waals surface area contributed by atoms with Crippen LogP contribution in [0.4, 0.5) is 4.39 Å². The minimum Gasteiger partial charge on any atom is -0.381 e. The van der Waals surface area contributed by atoms with Gasteiger partial charge in [-0.1, -0.05) is 24.6 Å². The molecule has 1 N–H and O–H groups in total. The summed E-state index contributed by atoms with van der Waals surface area (Å²) in [5, 5.41) is 3.98. The Labute approximate surface area is 136 Å². The molecule has 0 spiro atoms. The highest BCUT2D eigenvalue weighted by Crippen LogP contribution is 2.34. The summed E-state index contributed by atoms with van der Waals surface area (Å²) in [6, 6.07) is 6.32. The smallest absolute Gasteiger partial charge is 0.142 e. The average molecular weight is 327 g/mol. The molecule has 0 saturated carbocycles. The van der Waals surface area contributed by atoms with Crippen LogP contribution in [0.15, 0.2) is 18.2 Å². The van der Waals surface area contributed by atoms with Crippen LogP contribution >= 0.6 is 11.6 Å². The maximum absolute atomic E-state index is 13.9. The minimum absolute atomic E-state index is 0.193. The third-order valence-electron chi connectivity index (χ3n) is 4.86. The second-order valence-corrected chi connectivity index (χ2v) is 6.60. The van der Waals surface area contributed by atoms with Crippen LogP contribution < -0.4 is 5.32 Å². The monoisotopic (exact) mass is 326 g/mol. The number of halogens is 2. The largest absolute Gasteiger partial charge is 0.381 e. The topological polar surface area (TPSA) is 24.5 Å². The number of ether oxygens (including phenoxy) is 1. The van der Waals surface area contributed by atoms with Gasteiger partial charge in [0.2, 0.25) is 0 Å². The first-order valence-corrected chi connectivity index (χ1v) is 8.59. The molecule has 2 heterocycles. The lowest BCUT2D eigenvalue weighted by Gasteiger charge is -2.32. The van der Waals surface area contributed by atoms with E-state index >= 15 is 0 Å². The lowest BCUT2D eigenvalue weighted by molar-refractivity contribution is 0.0729. The molecule has 0 amide bonds. The van der Waals surface area contributed by atoms with Crippen LogP contribution in [0.5, 0.6) is 0 Å². The third kappa shape index (κ3) is 3.46. The molecule has 2 atom stereocenters. The highest BCUT2D eigenvalue weighted by molar-refractivity contribution is 6.30. The quantitative estimate of drug-likeness (QED) is 0.918. The average Bonchev–Trinajstić information content (AvgIpc) is 2.94. The van der Waals surface area contributed by atoms with Crippen LogP contribution in [0, 0.1) is 5.82 Å². The van der Waals surface area contributed by atoms with Gasteiger partial charge in [0.1, 0.15) is 5.82 Å². The summed E-state index contributed by atoms with van der Waals surface area (Å²) >= 11 is 5.83. The van der Waals surface area contributed by atoms with Crippen molar-refractivity contribution in [1.82, 2.24) is 10.2 Å². The van der Waals surface area contributed by atoms with Crippen molar-refractivity contribution in [3.8, 4) is 0 Å². The van der Waals surface area contributed by atoms with E-state index in [0.29, 0.717) is 12.1 Å². The van der Waals surface area contributed by atoms with Crippen molar-refractivity contribution in [3.63, 3.8) is 0 Å². The summed E-state index contributed by atoms with van der Waals surface area (Å²) in [4.78, 5) is 2.42. The van der Waals surface area contributed by atoms with Crippen LogP contribution in [-0.2, 0) is 4.74 Å². The molecule has 2 aliphatic heterocycles. The Morgan fingerprint density at radius 3 is 2.77 bits per heavy atom. The summed E-state index contributed by atoms with van der Waals surface area (Å²) in [5.74, 6) is -0.327. The van der Waals surface area contributed by atoms with Crippen molar-refractivity contribution < 1.29 is 9.13 Å². The van der Waals surface area contributed by atoms with Gasteiger partial charge in [-0.05, 0) is 43.5 Å². The molecule has 3 nitrogen and oxygen atoms in total. The molecular formula is C17H24ClFN2O. The van der Waals surface area contributed by atoms with E-state index in [4.69, 9.17) is 16.3 Å². The number of hydrogen-bond donors (Lipinski definition) is 1. The molecular weight excluding hydrogens is 303 g/mol. The van der Waals surface area contributed by atoms with Crippen LogP contribution in [0.2, 0.25) is 5.02 Å². The number of nitrogens with one attached hydrogen (secondary N) is 1. The van der Waals surface area contributed by atoms with Gasteiger partial charge in [0.25, 0.3) is 0 Å². The number of hydrogen-bond acceptors (Lipinski definition) is 3. The molecule has 0 unspecified atom stereocenters. The maximum Gasteiger partial charge on any atom is 0.142 e. The lowest BCUT2D eigenvalue weighted by Crippen LogP contribution is -2.44. The molecule has 0 bridgehead atoms. The Morgan fingerprint density at radius 1 is 1.32 bits per heavy atom. The SMILES string of the molecule is CCN1CC[C@H](NC2CCOCC2)[C@H]1c1ccc(Cl)c(F)c1. The van der Waals surface area contributed by atoms with E-state index in [2.05, 4.69) is 17.1 Å². The number of nitrogens with zero attached hydrogens (tertiary/aromatic N) is 1. The van der Waals surface area contributed by atoms with Crippen molar-refractivity contribution in [3.05, 3.63) is 34.6 Å². The molecule has 5 heteroatoms. The fourth-order valence-corrected chi connectivity index (χ4v) is 3.81. The molecule has 0 aliphatic carbocycles. The minimum atomic E-state index is -0.327. The van der Waals surface area contributed by atoms with Gasteiger partial charge in [0.05, 0.1) is 11.1 Å². The molecule has 0 aromatic heterocycles. The van der Waals surface area contributed by atoms with E-state index in [1.54, 1.807) is 12.1 Å². The summed E-state index contributed by atoms with van der Waals surface area (Å²) in [5.41, 5.74) is 1.02. The van der Waals surface area contributed by atoms with Gasteiger partial charge in [-0.15, -0.1) is 0 Å². The summed E-state index contributed by atoms with van der Waals surface area (Å²) < 4.78 is 19.3. The second kappa shape index (κ2) is 7.26. The molecule has 0 radical (unpaired) electrons. The standard InChI is InChI=1S/C17H24ClFN2O/c1-2-21-8-5-16(20-13-6-9-22-10-7-13)17(21)12-3-4-14(18)15(19)11-12/h3-4,11,13,16-17,20H,2,5-10H2,1H3/t16-,17+/m0/s1. The predicted molar refractivity (Wildman–Crippen MR) is 86.8 cm³/mol. The first kappa shape index (κ1) is 16.2. The van der Waals surface area contributed by atoms with Gasteiger partial charge in [-0.2, -0.15) is 0 Å². The van der Waals surface area contributed by atoms with E-state index < -0.39 is 0 Å². The maximum atomic E-state index is 13.9. The fourth-order valence-electron chi connectivity index (χ4n) is 3.69. The summed E-state index contributed by atoms with van der Waals surface area (Å²) in [6.07, 6.45) is 3.22. The van der Waals surface area contributed by atoms with E-state index in [9.17, 15) is 4.39 Å². The zero-order valence-electron chi connectivity index (χ0n) is 13.0. The zero-order valence-corrected chi connectivity index (χ0v) is 13.8. The lowest BCUT2D eigenvalue weighted by atomic mass is 9.97. The Kier molecular flexibility index (Phi) is 5.34. The predicted octanol–water partition coefficient (Wildman–Crippen LogP) is 3.38. The number of likely N-dealkylation sites (N-methyl/N-ethyl adjacent to an activating group) is 1. The molecule has 2 saturated heterocycles. The molecule has 22 heavy (non-hydrogen) atoms. The van der Waals surface area contributed by atoms with Crippen molar-refractivity contribution in [1.29, 1.82) is 0 Å². The van der Waals surface area contributed by atoms with Gasteiger partial charge in [-0.3, -0.25) is 4.90 Å². The molecule has 1 aromatic rings.